The maximum atomic E-state index is 11.6. The average Bonchev–Trinajstić information content (AvgIpc) is 2.36. The van der Waals surface area contributed by atoms with Gasteiger partial charge in [0.05, 0.1) is 0 Å². The third kappa shape index (κ3) is 0.927. The van der Waals surface area contributed by atoms with Crippen molar-refractivity contribution in [2.75, 3.05) is 0 Å². The highest BCUT2D eigenvalue weighted by atomic mass is 16.1. The van der Waals surface area contributed by atoms with Crippen LogP contribution in [0.3, 0.4) is 0 Å². The summed E-state index contributed by atoms with van der Waals surface area (Å²) in [5, 5.41) is 0. The van der Waals surface area contributed by atoms with Gasteiger partial charge in [0.2, 0.25) is 0 Å². The van der Waals surface area contributed by atoms with Crippen LogP contribution in [0.5, 0.6) is 0 Å². The molecule has 0 unspecified atom stereocenters. The summed E-state index contributed by atoms with van der Waals surface area (Å²) in [6.45, 7) is 2.24. The summed E-state index contributed by atoms with van der Waals surface area (Å²) in [6, 6.07) is 8.58. The highest BCUT2D eigenvalue weighted by Gasteiger charge is 2.45. The lowest BCUT2D eigenvalue weighted by Crippen LogP contribution is -2.27. The predicted molar refractivity (Wildman–Crippen MR) is 55.4 cm³/mol. The van der Waals surface area contributed by atoms with Gasteiger partial charge in [0.1, 0.15) is 5.78 Å². The van der Waals surface area contributed by atoms with E-state index in [1.807, 2.05) is 0 Å². The Balaban J connectivity index is 2.21. The van der Waals surface area contributed by atoms with Crippen molar-refractivity contribution in [2.24, 2.45) is 0 Å². The minimum absolute atomic E-state index is 0.149. The van der Waals surface area contributed by atoms with E-state index in [1.165, 1.54) is 17.5 Å². The Hall–Kier alpha value is -1.11. The van der Waals surface area contributed by atoms with Crippen LogP contribution in [-0.4, -0.2) is 5.78 Å². The van der Waals surface area contributed by atoms with Gasteiger partial charge < -0.3 is 0 Å². The second kappa shape index (κ2) is 2.47. The van der Waals surface area contributed by atoms with Crippen LogP contribution in [0.15, 0.2) is 24.3 Å². The van der Waals surface area contributed by atoms with Crippen LogP contribution in [0, 0.1) is 0 Å². The van der Waals surface area contributed by atoms with Crippen LogP contribution in [0.4, 0.5) is 0 Å². The minimum Gasteiger partial charge on any atom is -0.300 e. The van der Waals surface area contributed by atoms with Gasteiger partial charge in [-0.3, -0.25) is 4.79 Å². The van der Waals surface area contributed by atoms with Gasteiger partial charge in [-0.25, -0.2) is 0 Å². The SMILES string of the molecule is C[C@]12CC(=O)C[C@H](C1)c1ccccc12. The van der Waals surface area contributed by atoms with Crippen molar-refractivity contribution in [3.8, 4) is 0 Å². The molecule has 0 N–H and O–H groups in total. The molecule has 2 aliphatic rings. The number of carbonyl (C=O) groups is 1. The van der Waals surface area contributed by atoms with Crippen molar-refractivity contribution < 1.29 is 4.79 Å². The summed E-state index contributed by atoms with van der Waals surface area (Å²) in [7, 11) is 0. The molecule has 0 heterocycles. The Kier molecular flexibility index (Phi) is 1.45. The van der Waals surface area contributed by atoms with E-state index in [0.29, 0.717) is 11.7 Å². The van der Waals surface area contributed by atoms with Gasteiger partial charge >= 0.3 is 0 Å². The number of ketones is 1. The van der Waals surface area contributed by atoms with Crippen LogP contribution >= 0.6 is 0 Å². The van der Waals surface area contributed by atoms with Crippen LogP contribution in [0.25, 0.3) is 0 Å². The van der Waals surface area contributed by atoms with Crippen molar-refractivity contribution in [3.63, 3.8) is 0 Å². The molecule has 0 radical (unpaired) electrons. The number of benzene rings is 1. The summed E-state index contributed by atoms with van der Waals surface area (Å²) in [6.07, 6.45) is 2.70. The summed E-state index contributed by atoms with van der Waals surface area (Å²) in [4.78, 5) is 11.6. The number of Topliss-reactive ketones (excluding diaryl/α,β-unsaturated/α-hetero) is 1. The van der Waals surface area contributed by atoms with Gasteiger partial charge in [-0.1, -0.05) is 31.2 Å². The summed E-state index contributed by atoms with van der Waals surface area (Å²) >= 11 is 0. The number of hydrogen-bond acceptors (Lipinski definition) is 1. The molecular weight excluding hydrogens is 172 g/mol. The topological polar surface area (TPSA) is 17.1 Å². The van der Waals surface area contributed by atoms with Gasteiger partial charge in [-0.05, 0) is 23.5 Å². The number of carbonyl (C=O) groups excluding carboxylic acids is 1. The third-order valence-corrected chi connectivity index (χ3v) is 3.81. The van der Waals surface area contributed by atoms with Crippen LogP contribution < -0.4 is 0 Å². The Labute approximate surface area is 84.1 Å². The molecule has 0 aliphatic heterocycles. The zero-order valence-corrected chi connectivity index (χ0v) is 8.42. The highest BCUT2D eigenvalue weighted by molar-refractivity contribution is 5.83. The van der Waals surface area contributed by atoms with E-state index >= 15 is 0 Å². The van der Waals surface area contributed by atoms with Crippen molar-refractivity contribution in [3.05, 3.63) is 35.4 Å². The molecular formula is C13H14O. The van der Waals surface area contributed by atoms with Gasteiger partial charge in [-0.2, -0.15) is 0 Å². The molecule has 2 atom stereocenters. The zero-order valence-electron chi connectivity index (χ0n) is 8.42. The molecule has 0 spiro atoms. The lowest BCUT2D eigenvalue weighted by Gasteiger charge is -2.28. The van der Waals surface area contributed by atoms with Crippen LogP contribution in [0.1, 0.15) is 43.2 Å². The number of fused-ring (bicyclic) bond motifs is 5. The van der Waals surface area contributed by atoms with E-state index in [0.717, 1.165) is 12.8 Å². The summed E-state index contributed by atoms with van der Waals surface area (Å²) in [5.74, 6) is 0.956. The minimum atomic E-state index is 0.149. The fourth-order valence-corrected chi connectivity index (χ4v) is 3.30. The van der Waals surface area contributed by atoms with Crippen molar-refractivity contribution in [2.45, 2.75) is 37.5 Å². The average molecular weight is 186 g/mol. The maximum absolute atomic E-state index is 11.6. The molecule has 14 heavy (non-hydrogen) atoms. The third-order valence-electron chi connectivity index (χ3n) is 3.81. The Morgan fingerprint density at radius 3 is 3.00 bits per heavy atom. The van der Waals surface area contributed by atoms with Crippen molar-refractivity contribution in [1.82, 2.24) is 0 Å². The molecule has 1 aromatic rings. The molecule has 3 rings (SSSR count). The van der Waals surface area contributed by atoms with Crippen LogP contribution in [-0.2, 0) is 10.2 Å². The molecule has 0 saturated heterocycles. The van der Waals surface area contributed by atoms with E-state index < -0.39 is 0 Å². The molecule has 1 saturated carbocycles. The Bertz CT molecular complexity index is 407. The maximum Gasteiger partial charge on any atom is 0.134 e. The first-order chi connectivity index (χ1) is 6.69. The zero-order chi connectivity index (χ0) is 9.76. The normalized spacial score (nSPS) is 34.4. The van der Waals surface area contributed by atoms with E-state index in [4.69, 9.17) is 0 Å². The van der Waals surface area contributed by atoms with Gasteiger partial charge in [0.15, 0.2) is 0 Å². The van der Waals surface area contributed by atoms with E-state index in [-0.39, 0.29) is 5.41 Å². The van der Waals surface area contributed by atoms with Crippen LogP contribution in [0.2, 0.25) is 0 Å². The molecule has 2 bridgehead atoms. The fourth-order valence-electron chi connectivity index (χ4n) is 3.30. The smallest absolute Gasteiger partial charge is 0.134 e. The molecule has 1 heteroatoms. The molecule has 1 aromatic carbocycles. The molecule has 0 amide bonds. The lowest BCUT2D eigenvalue weighted by atomic mass is 9.74. The summed E-state index contributed by atoms with van der Waals surface area (Å²) in [5.41, 5.74) is 3.01. The van der Waals surface area contributed by atoms with Crippen molar-refractivity contribution in [1.29, 1.82) is 0 Å². The molecule has 1 fully saturated rings. The second-order valence-corrected chi connectivity index (χ2v) is 4.97. The van der Waals surface area contributed by atoms with Crippen molar-refractivity contribution >= 4 is 5.78 Å². The van der Waals surface area contributed by atoms with E-state index in [1.54, 1.807) is 0 Å². The molecule has 1 nitrogen and oxygen atoms in total. The fraction of sp³-hybridized carbons (Fsp3) is 0.462. The van der Waals surface area contributed by atoms with Gasteiger partial charge in [0, 0.05) is 18.3 Å². The quantitative estimate of drug-likeness (QED) is 0.609. The first-order valence-corrected chi connectivity index (χ1v) is 5.30. The number of hydrogen-bond donors (Lipinski definition) is 0. The van der Waals surface area contributed by atoms with Gasteiger partial charge in [0.25, 0.3) is 0 Å². The summed E-state index contributed by atoms with van der Waals surface area (Å²) < 4.78 is 0. The standard InChI is InChI=1S/C13H14O/c1-13-7-9(6-10(14)8-13)11-4-2-3-5-12(11)13/h2-5,9H,6-8H2,1H3/t9-,13-/m1/s1. The molecule has 0 aromatic heterocycles. The molecule has 2 aliphatic carbocycles. The van der Waals surface area contributed by atoms with Gasteiger partial charge in [-0.15, -0.1) is 0 Å². The molecule has 72 valence electrons. The lowest BCUT2D eigenvalue weighted by molar-refractivity contribution is -0.121. The van der Waals surface area contributed by atoms with E-state index in [2.05, 4.69) is 31.2 Å². The largest absolute Gasteiger partial charge is 0.300 e. The predicted octanol–water partition coefficient (Wildman–Crippen LogP) is 2.79. The first kappa shape index (κ1) is 8.22. The monoisotopic (exact) mass is 186 g/mol. The Morgan fingerprint density at radius 1 is 1.36 bits per heavy atom. The van der Waals surface area contributed by atoms with E-state index in [9.17, 15) is 4.79 Å². The highest BCUT2D eigenvalue weighted by Crippen LogP contribution is 2.52. The first-order valence-electron chi connectivity index (χ1n) is 5.30. The second-order valence-electron chi connectivity index (χ2n) is 4.97. The number of rotatable bonds is 0. The Morgan fingerprint density at radius 2 is 2.14 bits per heavy atom.